The van der Waals surface area contributed by atoms with Crippen molar-refractivity contribution in [2.24, 2.45) is 0 Å². The summed E-state index contributed by atoms with van der Waals surface area (Å²) in [5.74, 6) is 0.883. The zero-order valence-electron chi connectivity index (χ0n) is 16.5. The molecule has 0 bridgehead atoms. The number of ketones is 1. The zero-order chi connectivity index (χ0) is 20.2. The van der Waals surface area contributed by atoms with Gasteiger partial charge in [0, 0.05) is 46.7 Å². The first-order chi connectivity index (χ1) is 14.1. The Morgan fingerprint density at radius 1 is 1.17 bits per heavy atom. The quantitative estimate of drug-likeness (QED) is 0.643. The third-order valence-corrected chi connectivity index (χ3v) is 6.31. The second-order valence-electron chi connectivity index (χ2n) is 7.29. The van der Waals surface area contributed by atoms with E-state index in [1.54, 1.807) is 24.4 Å². The van der Waals surface area contributed by atoms with Crippen LogP contribution in [0.15, 0.2) is 48.0 Å². The van der Waals surface area contributed by atoms with Crippen molar-refractivity contribution in [2.45, 2.75) is 19.9 Å². The van der Waals surface area contributed by atoms with Crippen molar-refractivity contribution in [1.82, 2.24) is 14.9 Å². The summed E-state index contributed by atoms with van der Waals surface area (Å²) in [6, 6.07) is 11.2. The minimum atomic E-state index is -0.193. The predicted molar refractivity (Wildman–Crippen MR) is 122 cm³/mol. The van der Waals surface area contributed by atoms with Gasteiger partial charge in [-0.15, -0.1) is 11.3 Å². The van der Waals surface area contributed by atoms with E-state index in [9.17, 15) is 4.79 Å². The molecule has 0 spiro atoms. The van der Waals surface area contributed by atoms with Crippen LogP contribution in [0.1, 0.15) is 35.8 Å². The molecule has 154 valence electrons. The van der Waals surface area contributed by atoms with Gasteiger partial charge in [-0.1, -0.05) is 6.07 Å². The molecule has 0 radical (unpaired) electrons. The summed E-state index contributed by atoms with van der Waals surface area (Å²) in [6.45, 7) is 7.05. The van der Waals surface area contributed by atoms with Crippen LogP contribution in [0.2, 0.25) is 0 Å². The van der Waals surface area contributed by atoms with E-state index >= 15 is 0 Å². The molecule has 0 aromatic carbocycles. The number of nitrogen functional groups attached to an aromatic ring is 1. The molecule has 0 aliphatic carbocycles. The van der Waals surface area contributed by atoms with Crippen molar-refractivity contribution >= 4 is 28.8 Å². The second-order valence-corrected chi connectivity index (χ2v) is 8.29. The normalized spacial score (nSPS) is 15.3. The van der Waals surface area contributed by atoms with Crippen LogP contribution in [0.25, 0.3) is 0 Å². The van der Waals surface area contributed by atoms with Gasteiger partial charge in [-0.3, -0.25) is 9.69 Å². The lowest BCUT2D eigenvalue weighted by Crippen LogP contribution is -2.31. The summed E-state index contributed by atoms with van der Waals surface area (Å²) in [6.07, 6.45) is 2.65. The fraction of sp³-hybridized carbons (Fsp3) is 0.318. The Morgan fingerprint density at radius 2 is 2.07 bits per heavy atom. The van der Waals surface area contributed by atoms with Gasteiger partial charge < -0.3 is 10.6 Å². The first-order valence-corrected chi connectivity index (χ1v) is 10.7. The molecule has 6 nitrogen and oxygen atoms in total. The van der Waals surface area contributed by atoms with Gasteiger partial charge in [-0.05, 0) is 54.6 Å². The Hall–Kier alpha value is -2.77. The smallest absolute Gasteiger partial charge is 0.215 e. The highest BCUT2D eigenvalue weighted by molar-refractivity contribution is 7.10. The van der Waals surface area contributed by atoms with Gasteiger partial charge in [-0.25, -0.2) is 9.97 Å². The lowest BCUT2D eigenvalue weighted by Gasteiger charge is -2.23. The van der Waals surface area contributed by atoms with Crippen LogP contribution in [0, 0.1) is 6.92 Å². The molecule has 0 saturated carbocycles. The summed E-state index contributed by atoms with van der Waals surface area (Å²) >= 11 is 1.83. The van der Waals surface area contributed by atoms with E-state index in [1.807, 2.05) is 23.5 Å². The number of anilines is 2. The van der Waals surface area contributed by atoms with E-state index in [2.05, 4.69) is 38.1 Å². The van der Waals surface area contributed by atoms with Crippen molar-refractivity contribution < 1.29 is 7.65 Å². The van der Waals surface area contributed by atoms with Gasteiger partial charge in [0.1, 0.15) is 17.3 Å². The number of pyridine rings is 2. The van der Waals surface area contributed by atoms with Gasteiger partial charge in [-0.2, -0.15) is 0 Å². The topological polar surface area (TPSA) is 75.3 Å². The van der Waals surface area contributed by atoms with E-state index in [0.717, 1.165) is 45.0 Å². The number of thiophene rings is 1. The summed E-state index contributed by atoms with van der Waals surface area (Å²) in [7, 11) is 0. The molecule has 0 unspecified atom stereocenters. The van der Waals surface area contributed by atoms with Crippen LogP contribution in [0.3, 0.4) is 0 Å². The molecule has 7 heteroatoms. The van der Waals surface area contributed by atoms with E-state index < -0.39 is 0 Å². The molecule has 4 heterocycles. The fourth-order valence-corrected chi connectivity index (χ4v) is 4.55. The van der Waals surface area contributed by atoms with Crippen molar-refractivity contribution in [3.63, 3.8) is 0 Å². The molecule has 3 aromatic rings. The SMILES string of the molecule is Cc1ccsc1CN1CCCN(c2cccc(C(=O)c3cccnc3N)n2)CC1.[HH].[HH]. The molecule has 2 N–H and O–H groups in total. The average Bonchev–Trinajstić information content (AvgIpc) is 2.99. The van der Waals surface area contributed by atoms with Crippen LogP contribution in [0.5, 0.6) is 0 Å². The Labute approximate surface area is 178 Å². The number of carbonyl (C=O) groups excluding carboxylic acids is 1. The maximum absolute atomic E-state index is 12.8. The lowest BCUT2D eigenvalue weighted by molar-refractivity contribution is 0.103. The average molecular weight is 412 g/mol. The third kappa shape index (κ3) is 4.46. The Morgan fingerprint density at radius 3 is 2.86 bits per heavy atom. The summed E-state index contributed by atoms with van der Waals surface area (Å²) in [4.78, 5) is 27.7. The number of aryl methyl sites for hydroxylation is 1. The standard InChI is InChI=1S/C22H25N5OS.2H2/c1-16-8-14-29-19(16)15-26-10-4-11-27(13-12-26)20-7-2-6-18(25-20)21(28)17-5-3-9-24-22(17)23;;/h2-3,5-9,14H,4,10-13,15H2,1H3,(H2,23,24);2*1H. The number of aromatic nitrogens is 2. The van der Waals surface area contributed by atoms with Gasteiger partial charge in [0.05, 0.1) is 5.56 Å². The van der Waals surface area contributed by atoms with Gasteiger partial charge in [0.15, 0.2) is 0 Å². The first-order valence-electron chi connectivity index (χ1n) is 9.84. The number of carbonyl (C=O) groups is 1. The molecule has 1 aliphatic heterocycles. The Bertz CT molecular complexity index is 1010. The number of rotatable bonds is 5. The highest BCUT2D eigenvalue weighted by atomic mass is 32.1. The lowest BCUT2D eigenvalue weighted by atomic mass is 10.1. The molecule has 29 heavy (non-hydrogen) atoms. The molecule has 1 fully saturated rings. The van der Waals surface area contributed by atoms with E-state index in [1.165, 1.54) is 10.4 Å². The minimum absolute atomic E-state index is 0. The third-order valence-electron chi connectivity index (χ3n) is 5.30. The van der Waals surface area contributed by atoms with Crippen LogP contribution in [0.4, 0.5) is 11.6 Å². The number of hydrogen-bond donors (Lipinski definition) is 1. The number of nitrogens with zero attached hydrogens (tertiary/aromatic N) is 4. The predicted octanol–water partition coefficient (Wildman–Crippen LogP) is 3.86. The van der Waals surface area contributed by atoms with Crippen LogP contribution in [-0.4, -0.2) is 46.8 Å². The molecule has 0 atom stereocenters. The molecule has 1 aliphatic rings. The summed E-state index contributed by atoms with van der Waals surface area (Å²) in [5.41, 5.74) is 8.04. The monoisotopic (exact) mass is 411 g/mol. The maximum atomic E-state index is 12.8. The highest BCUT2D eigenvalue weighted by Crippen LogP contribution is 2.21. The first kappa shape index (κ1) is 19.5. The largest absolute Gasteiger partial charge is 0.383 e. The molecular weight excluding hydrogens is 382 g/mol. The van der Waals surface area contributed by atoms with E-state index in [4.69, 9.17) is 5.73 Å². The maximum Gasteiger partial charge on any atom is 0.215 e. The number of nitrogens with two attached hydrogens (primary N) is 1. The van der Waals surface area contributed by atoms with Crippen molar-refractivity contribution in [2.75, 3.05) is 36.8 Å². The van der Waals surface area contributed by atoms with E-state index in [0.29, 0.717) is 11.3 Å². The fourth-order valence-electron chi connectivity index (χ4n) is 3.60. The van der Waals surface area contributed by atoms with Gasteiger partial charge >= 0.3 is 0 Å². The Balaban J connectivity index is 0.00000171. The number of hydrogen-bond acceptors (Lipinski definition) is 7. The Kier molecular flexibility index (Phi) is 5.87. The van der Waals surface area contributed by atoms with Crippen molar-refractivity contribution in [1.29, 1.82) is 0 Å². The van der Waals surface area contributed by atoms with E-state index in [-0.39, 0.29) is 14.5 Å². The van der Waals surface area contributed by atoms with Crippen molar-refractivity contribution in [3.05, 3.63) is 69.7 Å². The summed E-state index contributed by atoms with van der Waals surface area (Å²) in [5, 5.41) is 2.16. The van der Waals surface area contributed by atoms with Crippen molar-refractivity contribution in [3.8, 4) is 0 Å². The zero-order valence-corrected chi connectivity index (χ0v) is 17.4. The molecule has 4 rings (SSSR count). The van der Waals surface area contributed by atoms with Gasteiger partial charge in [0.2, 0.25) is 5.78 Å². The minimum Gasteiger partial charge on any atom is -0.383 e. The van der Waals surface area contributed by atoms with Gasteiger partial charge in [0.25, 0.3) is 0 Å². The summed E-state index contributed by atoms with van der Waals surface area (Å²) < 4.78 is 0. The molecular formula is C22H29N5OS. The molecule has 3 aromatic heterocycles. The highest BCUT2D eigenvalue weighted by Gasteiger charge is 2.19. The molecule has 1 saturated heterocycles. The molecule has 0 amide bonds. The second kappa shape index (κ2) is 8.71. The van der Waals surface area contributed by atoms with Crippen LogP contribution >= 0.6 is 11.3 Å². The van der Waals surface area contributed by atoms with Crippen LogP contribution < -0.4 is 10.6 Å². The van der Waals surface area contributed by atoms with Crippen LogP contribution in [-0.2, 0) is 6.54 Å².